The van der Waals surface area contributed by atoms with E-state index >= 15 is 0 Å². The molecule has 1 N–H and O–H groups in total. The number of hydrogen-bond donors (Lipinski definition) is 1. The van der Waals surface area contributed by atoms with Crippen LogP contribution in [-0.2, 0) is 11.3 Å². The van der Waals surface area contributed by atoms with E-state index < -0.39 is 0 Å². The Morgan fingerprint density at radius 3 is 3.04 bits per heavy atom. The van der Waals surface area contributed by atoms with Crippen LogP contribution in [-0.4, -0.2) is 21.2 Å². The van der Waals surface area contributed by atoms with E-state index in [0.29, 0.717) is 21.9 Å². The van der Waals surface area contributed by atoms with Crippen LogP contribution in [0.15, 0.2) is 58.3 Å². The molecule has 2 aromatic heterocycles. The van der Waals surface area contributed by atoms with Crippen molar-refractivity contribution in [2.24, 2.45) is 0 Å². The molecule has 1 amide bonds. The molecule has 0 aliphatic rings. The summed E-state index contributed by atoms with van der Waals surface area (Å²) in [6, 6.07) is 9.39. The number of allylic oxidation sites excluding steroid dienone is 1. The molecule has 3 rings (SSSR count). The van der Waals surface area contributed by atoms with E-state index in [1.807, 2.05) is 36.6 Å². The van der Waals surface area contributed by atoms with Crippen LogP contribution in [0, 0.1) is 6.92 Å². The molecule has 0 aliphatic heterocycles. The van der Waals surface area contributed by atoms with Gasteiger partial charge in [0.15, 0.2) is 5.16 Å². The van der Waals surface area contributed by atoms with Gasteiger partial charge < -0.3 is 5.32 Å². The van der Waals surface area contributed by atoms with Gasteiger partial charge in [-0.3, -0.25) is 14.2 Å². The van der Waals surface area contributed by atoms with Gasteiger partial charge in [0.05, 0.1) is 11.1 Å². The van der Waals surface area contributed by atoms with Gasteiger partial charge in [-0.25, -0.2) is 4.98 Å². The highest BCUT2D eigenvalue weighted by molar-refractivity contribution is 7.99. The Bertz CT molecular complexity index is 991. The second kappa shape index (κ2) is 7.67. The van der Waals surface area contributed by atoms with Crippen LogP contribution in [0.2, 0.25) is 0 Å². The number of hydrogen-bond acceptors (Lipinski definition) is 5. The summed E-state index contributed by atoms with van der Waals surface area (Å²) in [4.78, 5) is 30.0. The molecule has 5 nitrogen and oxygen atoms in total. The van der Waals surface area contributed by atoms with E-state index in [2.05, 4.69) is 16.9 Å². The Balaban J connectivity index is 1.78. The standard InChI is InChI=1S/C18H17N3O2S2/c1-3-8-21-17(23)14-7-9-24-16(14)20-18(21)25-11-15(22)19-13-6-4-5-12(2)10-13/h3-7,9-10H,1,8,11H2,2H3,(H,19,22). The molecule has 0 saturated carbocycles. The molecular weight excluding hydrogens is 354 g/mol. The molecule has 0 fully saturated rings. The molecular formula is C18H17N3O2S2. The van der Waals surface area contributed by atoms with Crippen molar-refractivity contribution in [1.82, 2.24) is 9.55 Å². The SMILES string of the molecule is C=CCn1c(SCC(=O)Nc2cccc(C)c2)nc2sccc2c1=O. The Hall–Kier alpha value is -2.38. The molecule has 2 heterocycles. The molecule has 0 bridgehead atoms. The van der Waals surface area contributed by atoms with Crippen LogP contribution in [0.5, 0.6) is 0 Å². The fourth-order valence-electron chi connectivity index (χ4n) is 2.38. The van der Waals surface area contributed by atoms with E-state index in [0.717, 1.165) is 11.3 Å². The zero-order chi connectivity index (χ0) is 17.8. The number of thioether (sulfide) groups is 1. The predicted molar refractivity (Wildman–Crippen MR) is 105 cm³/mol. The van der Waals surface area contributed by atoms with Crippen molar-refractivity contribution in [3.05, 3.63) is 64.3 Å². The Morgan fingerprint density at radius 1 is 1.44 bits per heavy atom. The van der Waals surface area contributed by atoms with E-state index in [1.165, 1.54) is 23.1 Å². The molecule has 3 aromatic rings. The zero-order valence-corrected chi connectivity index (χ0v) is 15.3. The van der Waals surface area contributed by atoms with Crippen LogP contribution in [0.3, 0.4) is 0 Å². The number of nitrogens with one attached hydrogen (secondary N) is 1. The lowest BCUT2D eigenvalue weighted by Gasteiger charge is -2.10. The molecule has 25 heavy (non-hydrogen) atoms. The molecule has 0 saturated heterocycles. The van der Waals surface area contributed by atoms with Gasteiger partial charge in [-0.2, -0.15) is 0 Å². The second-order valence-corrected chi connectivity index (χ2v) is 7.28. The van der Waals surface area contributed by atoms with Gasteiger partial charge >= 0.3 is 0 Å². The maximum absolute atomic E-state index is 12.5. The van der Waals surface area contributed by atoms with Crippen molar-refractivity contribution in [2.75, 3.05) is 11.1 Å². The lowest BCUT2D eigenvalue weighted by molar-refractivity contribution is -0.113. The van der Waals surface area contributed by atoms with Crippen LogP contribution in [0.4, 0.5) is 5.69 Å². The fraction of sp³-hybridized carbons (Fsp3) is 0.167. The van der Waals surface area contributed by atoms with Gasteiger partial charge in [-0.1, -0.05) is 30.0 Å². The summed E-state index contributed by atoms with van der Waals surface area (Å²) in [6.07, 6.45) is 1.65. The number of carbonyl (C=O) groups is 1. The number of thiophene rings is 1. The number of nitrogens with zero attached hydrogens (tertiary/aromatic N) is 2. The third kappa shape index (κ3) is 4.00. The van der Waals surface area contributed by atoms with E-state index in [1.54, 1.807) is 16.7 Å². The molecule has 0 unspecified atom stereocenters. The topological polar surface area (TPSA) is 64.0 Å². The number of rotatable bonds is 6. The fourth-order valence-corrected chi connectivity index (χ4v) is 3.99. The highest BCUT2D eigenvalue weighted by Crippen LogP contribution is 2.21. The number of carbonyl (C=O) groups excluding carboxylic acids is 1. The van der Waals surface area contributed by atoms with Gasteiger partial charge in [0.1, 0.15) is 4.83 Å². The minimum atomic E-state index is -0.138. The summed E-state index contributed by atoms with van der Waals surface area (Å²) >= 11 is 2.67. The molecule has 0 aliphatic carbocycles. The predicted octanol–water partition coefficient (Wildman–Crippen LogP) is 3.68. The number of fused-ring (bicyclic) bond motifs is 1. The molecule has 128 valence electrons. The molecule has 0 radical (unpaired) electrons. The average Bonchev–Trinajstić information content (AvgIpc) is 3.05. The van der Waals surface area contributed by atoms with Crippen molar-refractivity contribution in [3.63, 3.8) is 0 Å². The van der Waals surface area contributed by atoms with E-state index in [-0.39, 0.29) is 17.2 Å². The number of amides is 1. The second-order valence-electron chi connectivity index (χ2n) is 5.44. The van der Waals surface area contributed by atoms with Crippen LogP contribution < -0.4 is 10.9 Å². The maximum atomic E-state index is 12.5. The summed E-state index contributed by atoms with van der Waals surface area (Å²) in [6.45, 7) is 6.02. The molecule has 0 spiro atoms. The Labute approximate surface area is 153 Å². The van der Waals surface area contributed by atoms with Crippen molar-refractivity contribution in [3.8, 4) is 0 Å². The minimum Gasteiger partial charge on any atom is -0.325 e. The summed E-state index contributed by atoms with van der Waals surface area (Å²) < 4.78 is 1.55. The van der Waals surface area contributed by atoms with Crippen molar-refractivity contribution >= 4 is 44.9 Å². The van der Waals surface area contributed by atoms with Crippen LogP contribution >= 0.6 is 23.1 Å². The molecule has 7 heteroatoms. The molecule has 0 atom stereocenters. The lowest BCUT2D eigenvalue weighted by Crippen LogP contribution is -2.23. The Morgan fingerprint density at radius 2 is 2.28 bits per heavy atom. The number of benzene rings is 1. The quantitative estimate of drug-likeness (QED) is 0.408. The maximum Gasteiger partial charge on any atom is 0.263 e. The summed E-state index contributed by atoms with van der Waals surface area (Å²) in [5, 5.41) is 5.83. The smallest absolute Gasteiger partial charge is 0.263 e. The lowest BCUT2D eigenvalue weighted by atomic mass is 10.2. The average molecular weight is 371 g/mol. The first-order valence-corrected chi connectivity index (χ1v) is 9.53. The third-order valence-electron chi connectivity index (χ3n) is 3.49. The molecule has 1 aromatic carbocycles. The minimum absolute atomic E-state index is 0.104. The highest BCUT2D eigenvalue weighted by atomic mass is 32.2. The van der Waals surface area contributed by atoms with Crippen LogP contribution in [0.25, 0.3) is 10.2 Å². The zero-order valence-electron chi connectivity index (χ0n) is 13.7. The largest absolute Gasteiger partial charge is 0.325 e. The van der Waals surface area contributed by atoms with Crippen molar-refractivity contribution in [1.29, 1.82) is 0 Å². The third-order valence-corrected chi connectivity index (χ3v) is 5.28. The summed E-state index contributed by atoms with van der Waals surface area (Å²) in [5.74, 6) is 0.0373. The first-order chi connectivity index (χ1) is 12.1. The first-order valence-electron chi connectivity index (χ1n) is 7.66. The van der Waals surface area contributed by atoms with Gasteiger partial charge in [0.2, 0.25) is 5.91 Å². The van der Waals surface area contributed by atoms with Crippen molar-refractivity contribution < 1.29 is 4.79 Å². The van der Waals surface area contributed by atoms with Gasteiger partial charge in [0, 0.05) is 12.2 Å². The number of aromatic nitrogens is 2. The van der Waals surface area contributed by atoms with E-state index in [4.69, 9.17) is 0 Å². The summed E-state index contributed by atoms with van der Waals surface area (Å²) in [5.41, 5.74) is 1.73. The number of aryl methyl sites for hydroxylation is 1. The van der Waals surface area contributed by atoms with E-state index in [9.17, 15) is 9.59 Å². The van der Waals surface area contributed by atoms with Gasteiger partial charge in [0.25, 0.3) is 5.56 Å². The normalized spacial score (nSPS) is 10.8. The number of anilines is 1. The van der Waals surface area contributed by atoms with Crippen LogP contribution in [0.1, 0.15) is 5.56 Å². The highest BCUT2D eigenvalue weighted by Gasteiger charge is 2.13. The monoisotopic (exact) mass is 371 g/mol. The van der Waals surface area contributed by atoms with Gasteiger partial charge in [-0.15, -0.1) is 17.9 Å². The van der Waals surface area contributed by atoms with Crippen molar-refractivity contribution in [2.45, 2.75) is 18.6 Å². The first kappa shape index (κ1) is 17.4. The van der Waals surface area contributed by atoms with Gasteiger partial charge in [-0.05, 0) is 36.1 Å². The summed E-state index contributed by atoms with van der Waals surface area (Å²) in [7, 11) is 0. The Kier molecular flexibility index (Phi) is 5.35.